The summed E-state index contributed by atoms with van der Waals surface area (Å²) >= 11 is 11.6. The molecule has 0 N–H and O–H groups in total. The Kier molecular flexibility index (Phi) is 4.06. The Morgan fingerprint density at radius 1 is 1.31 bits per heavy atom. The maximum atomic E-state index is 6.40. The molecule has 16 heavy (non-hydrogen) atoms. The fourth-order valence-corrected chi connectivity index (χ4v) is 3.28. The van der Waals surface area contributed by atoms with Crippen LogP contribution in [0.1, 0.15) is 20.7 Å². The number of aryl methyl sites for hydroxylation is 1. The van der Waals surface area contributed by atoms with Gasteiger partial charge in [-0.15, -0.1) is 22.9 Å². The van der Waals surface area contributed by atoms with Crippen LogP contribution in [0.2, 0.25) is 0 Å². The van der Waals surface area contributed by atoms with Crippen molar-refractivity contribution in [3.05, 3.63) is 56.2 Å². The summed E-state index contributed by atoms with van der Waals surface area (Å²) in [5, 5.41) is 0.0769. The van der Waals surface area contributed by atoms with Gasteiger partial charge in [-0.1, -0.05) is 28.1 Å². The molecule has 2 aromatic rings. The molecule has 0 nitrogen and oxygen atoms in total. The molecule has 2 rings (SSSR count). The van der Waals surface area contributed by atoms with Gasteiger partial charge in [0.15, 0.2) is 0 Å². The molecular formula is C13H12BrClS. The van der Waals surface area contributed by atoms with Crippen molar-refractivity contribution in [1.82, 2.24) is 0 Å². The molecule has 0 radical (unpaired) electrons. The lowest BCUT2D eigenvalue weighted by atomic mass is 10.1. The van der Waals surface area contributed by atoms with E-state index in [4.69, 9.17) is 11.6 Å². The number of thiophene rings is 1. The number of benzene rings is 1. The Morgan fingerprint density at radius 2 is 2.12 bits per heavy atom. The molecule has 3 heteroatoms. The van der Waals surface area contributed by atoms with Gasteiger partial charge in [-0.25, -0.2) is 0 Å². The first-order valence-electron chi connectivity index (χ1n) is 5.10. The zero-order chi connectivity index (χ0) is 11.5. The second kappa shape index (κ2) is 5.35. The molecule has 0 spiro atoms. The minimum atomic E-state index is 0.0769. The van der Waals surface area contributed by atoms with Gasteiger partial charge in [-0.2, -0.15) is 0 Å². The van der Waals surface area contributed by atoms with Crippen LogP contribution in [0, 0.1) is 6.92 Å². The minimum Gasteiger partial charge on any atom is -0.144 e. The molecule has 0 saturated heterocycles. The summed E-state index contributed by atoms with van der Waals surface area (Å²) in [4.78, 5) is 2.56. The predicted molar refractivity (Wildman–Crippen MR) is 75.5 cm³/mol. The van der Waals surface area contributed by atoms with E-state index in [9.17, 15) is 0 Å². The second-order valence-corrected chi connectivity index (χ2v) is 6.51. The van der Waals surface area contributed by atoms with Crippen molar-refractivity contribution in [3.8, 4) is 0 Å². The Labute approximate surface area is 113 Å². The van der Waals surface area contributed by atoms with Crippen LogP contribution in [-0.4, -0.2) is 0 Å². The third kappa shape index (κ3) is 3.09. The van der Waals surface area contributed by atoms with Gasteiger partial charge >= 0.3 is 0 Å². The highest BCUT2D eigenvalue weighted by Crippen LogP contribution is 2.31. The van der Waals surface area contributed by atoms with Crippen LogP contribution in [-0.2, 0) is 6.42 Å². The van der Waals surface area contributed by atoms with E-state index >= 15 is 0 Å². The summed E-state index contributed by atoms with van der Waals surface area (Å²) in [5.74, 6) is 0. The van der Waals surface area contributed by atoms with Gasteiger partial charge in [0.1, 0.15) is 0 Å². The molecule has 0 aliphatic rings. The molecule has 1 aromatic heterocycles. The Morgan fingerprint density at radius 3 is 2.75 bits per heavy atom. The second-order valence-electron chi connectivity index (χ2n) is 3.75. The molecule has 0 bridgehead atoms. The number of alkyl halides is 1. The lowest BCUT2D eigenvalue weighted by molar-refractivity contribution is 0.939. The van der Waals surface area contributed by atoms with Crippen LogP contribution in [0.3, 0.4) is 0 Å². The van der Waals surface area contributed by atoms with E-state index in [-0.39, 0.29) is 5.38 Å². The van der Waals surface area contributed by atoms with Crippen LogP contribution in [0.5, 0.6) is 0 Å². The summed E-state index contributed by atoms with van der Waals surface area (Å²) < 4.78 is 1.11. The fraction of sp³-hybridized carbons (Fsp3) is 0.231. The zero-order valence-corrected chi connectivity index (χ0v) is 12.1. The fourth-order valence-electron chi connectivity index (χ4n) is 1.59. The molecule has 1 aromatic carbocycles. The SMILES string of the molecule is Cc1ccc(C(Cl)Cc2cccc(Br)c2)s1. The summed E-state index contributed by atoms with van der Waals surface area (Å²) in [7, 11) is 0. The summed E-state index contributed by atoms with van der Waals surface area (Å²) in [6.07, 6.45) is 0.876. The minimum absolute atomic E-state index is 0.0769. The molecule has 0 aliphatic heterocycles. The molecule has 0 amide bonds. The van der Waals surface area contributed by atoms with Gasteiger partial charge in [-0.3, -0.25) is 0 Å². The quantitative estimate of drug-likeness (QED) is 0.670. The normalized spacial score (nSPS) is 12.7. The van der Waals surface area contributed by atoms with E-state index in [2.05, 4.69) is 47.1 Å². The zero-order valence-electron chi connectivity index (χ0n) is 8.91. The maximum Gasteiger partial charge on any atom is 0.0718 e. The van der Waals surface area contributed by atoms with E-state index in [1.54, 1.807) is 11.3 Å². The van der Waals surface area contributed by atoms with Crippen molar-refractivity contribution in [3.63, 3.8) is 0 Å². The van der Waals surface area contributed by atoms with Crippen molar-refractivity contribution in [2.45, 2.75) is 18.7 Å². The first kappa shape index (κ1) is 12.2. The van der Waals surface area contributed by atoms with Crippen molar-refractivity contribution >= 4 is 38.9 Å². The first-order valence-corrected chi connectivity index (χ1v) is 7.14. The van der Waals surface area contributed by atoms with E-state index in [0.29, 0.717) is 0 Å². The van der Waals surface area contributed by atoms with E-state index < -0.39 is 0 Å². The summed E-state index contributed by atoms with van der Waals surface area (Å²) in [6, 6.07) is 12.5. The van der Waals surface area contributed by atoms with Gasteiger partial charge in [0.05, 0.1) is 5.38 Å². The van der Waals surface area contributed by atoms with Gasteiger partial charge in [0.25, 0.3) is 0 Å². The molecule has 1 atom stereocenters. The number of hydrogen-bond acceptors (Lipinski definition) is 1. The van der Waals surface area contributed by atoms with Crippen LogP contribution in [0.15, 0.2) is 40.9 Å². The largest absolute Gasteiger partial charge is 0.144 e. The topological polar surface area (TPSA) is 0 Å². The molecule has 0 fully saturated rings. The number of hydrogen-bond donors (Lipinski definition) is 0. The molecular weight excluding hydrogens is 304 g/mol. The molecule has 1 heterocycles. The third-order valence-electron chi connectivity index (χ3n) is 2.37. The third-order valence-corrected chi connectivity index (χ3v) is 4.50. The van der Waals surface area contributed by atoms with Crippen LogP contribution >= 0.6 is 38.9 Å². The Balaban J connectivity index is 2.10. The molecule has 84 valence electrons. The summed E-state index contributed by atoms with van der Waals surface area (Å²) in [5.41, 5.74) is 1.26. The van der Waals surface area contributed by atoms with Gasteiger partial charge < -0.3 is 0 Å². The number of halogens is 2. The predicted octanol–water partition coefficient (Wildman–Crippen LogP) is 5.34. The smallest absolute Gasteiger partial charge is 0.0718 e. The van der Waals surface area contributed by atoms with Crippen LogP contribution < -0.4 is 0 Å². The Hall–Kier alpha value is -0.310. The van der Waals surface area contributed by atoms with E-state index in [1.165, 1.54) is 15.3 Å². The average Bonchev–Trinajstić information content (AvgIpc) is 2.65. The van der Waals surface area contributed by atoms with Gasteiger partial charge in [-0.05, 0) is 43.2 Å². The van der Waals surface area contributed by atoms with Crippen molar-refractivity contribution in [1.29, 1.82) is 0 Å². The highest BCUT2D eigenvalue weighted by molar-refractivity contribution is 9.10. The van der Waals surface area contributed by atoms with E-state index in [0.717, 1.165) is 10.9 Å². The standard InChI is InChI=1S/C13H12BrClS/c1-9-5-6-13(16-9)12(15)8-10-3-2-4-11(14)7-10/h2-7,12H,8H2,1H3. The molecule has 0 saturated carbocycles. The van der Waals surface area contributed by atoms with Crippen molar-refractivity contribution in [2.24, 2.45) is 0 Å². The summed E-state index contributed by atoms with van der Waals surface area (Å²) in [6.45, 7) is 2.11. The highest BCUT2D eigenvalue weighted by Gasteiger charge is 2.10. The number of rotatable bonds is 3. The van der Waals surface area contributed by atoms with Gasteiger partial charge in [0, 0.05) is 14.2 Å². The molecule has 1 unspecified atom stereocenters. The maximum absolute atomic E-state index is 6.40. The van der Waals surface area contributed by atoms with Gasteiger partial charge in [0.2, 0.25) is 0 Å². The average molecular weight is 316 g/mol. The monoisotopic (exact) mass is 314 g/mol. The molecule has 0 aliphatic carbocycles. The highest BCUT2D eigenvalue weighted by atomic mass is 79.9. The van der Waals surface area contributed by atoms with Crippen molar-refractivity contribution in [2.75, 3.05) is 0 Å². The Bertz CT molecular complexity index is 478. The van der Waals surface area contributed by atoms with Crippen LogP contribution in [0.25, 0.3) is 0 Å². The van der Waals surface area contributed by atoms with Crippen molar-refractivity contribution < 1.29 is 0 Å². The lowest BCUT2D eigenvalue weighted by Crippen LogP contribution is -1.93. The first-order chi connectivity index (χ1) is 7.65. The van der Waals surface area contributed by atoms with Crippen LogP contribution in [0.4, 0.5) is 0 Å². The van der Waals surface area contributed by atoms with E-state index in [1.807, 2.05) is 12.1 Å². The lowest BCUT2D eigenvalue weighted by Gasteiger charge is -2.07.